The molecule has 0 radical (unpaired) electrons. The Balaban J connectivity index is 2.08. The van der Waals surface area contributed by atoms with Gasteiger partial charge in [0.1, 0.15) is 0 Å². The molecule has 1 aliphatic carbocycles. The summed E-state index contributed by atoms with van der Waals surface area (Å²) in [5.41, 5.74) is 0. The third kappa shape index (κ3) is 1.70. The first-order valence-corrected chi connectivity index (χ1v) is 3.52. The van der Waals surface area contributed by atoms with Gasteiger partial charge in [-0.05, 0) is 12.8 Å². The van der Waals surface area contributed by atoms with Crippen molar-refractivity contribution < 1.29 is 9.53 Å². The van der Waals surface area contributed by atoms with Crippen molar-refractivity contribution in [3.8, 4) is 0 Å². The van der Waals surface area contributed by atoms with Gasteiger partial charge in [0.05, 0.1) is 6.10 Å². The van der Waals surface area contributed by atoms with Gasteiger partial charge in [-0.3, -0.25) is 4.79 Å². The molecule has 0 aromatic heterocycles. The van der Waals surface area contributed by atoms with Gasteiger partial charge in [-0.15, -0.1) is 0 Å². The molecule has 1 fully saturated rings. The Kier molecular flexibility index (Phi) is 2.27. The van der Waals surface area contributed by atoms with Crippen LogP contribution in [0.2, 0.25) is 0 Å². The zero-order chi connectivity index (χ0) is 7.56. The molecule has 1 rings (SSSR count). The van der Waals surface area contributed by atoms with E-state index in [-0.39, 0.29) is 5.91 Å². The Morgan fingerprint density at radius 2 is 2.20 bits per heavy atom. The van der Waals surface area contributed by atoms with Crippen LogP contribution in [0.15, 0.2) is 0 Å². The first kappa shape index (κ1) is 7.54. The third-order valence-corrected chi connectivity index (χ3v) is 1.84. The van der Waals surface area contributed by atoms with Crippen LogP contribution < -0.4 is 5.32 Å². The van der Waals surface area contributed by atoms with Gasteiger partial charge in [-0.25, -0.2) is 0 Å². The number of nitrogens with one attached hydrogen (secondary N) is 1. The Morgan fingerprint density at radius 1 is 1.60 bits per heavy atom. The Labute approximate surface area is 60.7 Å². The van der Waals surface area contributed by atoms with E-state index in [2.05, 4.69) is 5.32 Å². The number of rotatable bonds is 2. The highest BCUT2D eigenvalue weighted by Crippen LogP contribution is 2.21. The van der Waals surface area contributed by atoms with Crippen molar-refractivity contribution in [2.24, 2.45) is 0 Å². The number of carbonyl (C=O) groups excluding carboxylic acids is 1. The average Bonchev–Trinajstić information content (AvgIpc) is 1.76. The van der Waals surface area contributed by atoms with Gasteiger partial charge in [-0.1, -0.05) is 0 Å². The van der Waals surface area contributed by atoms with Gasteiger partial charge in [0.2, 0.25) is 5.91 Å². The van der Waals surface area contributed by atoms with Crippen LogP contribution in [0.1, 0.15) is 19.8 Å². The Bertz CT molecular complexity index is 130. The predicted octanol–water partition coefficient (Wildman–Crippen LogP) is 0.300. The fourth-order valence-corrected chi connectivity index (χ4v) is 1.16. The minimum Gasteiger partial charge on any atom is -0.381 e. The number of hydrogen-bond acceptors (Lipinski definition) is 2. The summed E-state index contributed by atoms with van der Waals surface area (Å²) in [5.74, 6) is 0.0551. The van der Waals surface area contributed by atoms with Gasteiger partial charge in [0.25, 0.3) is 0 Å². The lowest BCUT2D eigenvalue weighted by atomic mass is 9.89. The first-order chi connectivity index (χ1) is 4.72. The van der Waals surface area contributed by atoms with Crippen molar-refractivity contribution in [1.82, 2.24) is 5.32 Å². The molecule has 0 saturated heterocycles. The molecule has 0 aliphatic heterocycles. The smallest absolute Gasteiger partial charge is 0.217 e. The summed E-state index contributed by atoms with van der Waals surface area (Å²) in [6.07, 6.45) is 2.31. The van der Waals surface area contributed by atoms with Crippen LogP contribution in [0.25, 0.3) is 0 Å². The largest absolute Gasteiger partial charge is 0.381 e. The zero-order valence-electron chi connectivity index (χ0n) is 6.39. The quantitative estimate of drug-likeness (QED) is 0.603. The van der Waals surface area contributed by atoms with E-state index in [1.54, 1.807) is 14.0 Å². The summed E-state index contributed by atoms with van der Waals surface area (Å²) in [6.45, 7) is 1.54. The highest BCUT2D eigenvalue weighted by Gasteiger charge is 2.28. The number of methoxy groups -OCH3 is 1. The molecular weight excluding hydrogens is 130 g/mol. The first-order valence-electron chi connectivity index (χ1n) is 3.52. The van der Waals surface area contributed by atoms with Crippen LogP contribution >= 0.6 is 0 Å². The van der Waals surface area contributed by atoms with Crippen LogP contribution in [0.5, 0.6) is 0 Å². The van der Waals surface area contributed by atoms with E-state index in [4.69, 9.17) is 4.74 Å². The molecule has 1 aliphatic rings. The number of ether oxygens (including phenoxy) is 1. The maximum Gasteiger partial charge on any atom is 0.217 e. The fourth-order valence-electron chi connectivity index (χ4n) is 1.16. The lowest BCUT2D eigenvalue weighted by Crippen LogP contribution is -2.46. The van der Waals surface area contributed by atoms with Crippen LogP contribution in [0, 0.1) is 0 Å². The standard InChI is InChI=1S/C7H13NO2/c1-5(9)8-6-3-7(4-6)10-2/h6-7H,3-4H2,1-2H3,(H,8,9)/t6-,7+. The van der Waals surface area contributed by atoms with E-state index in [1.165, 1.54) is 0 Å². The molecule has 3 nitrogen and oxygen atoms in total. The van der Waals surface area contributed by atoms with Crippen LogP contribution in [0.4, 0.5) is 0 Å². The topological polar surface area (TPSA) is 38.3 Å². The molecule has 0 aromatic carbocycles. The molecule has 1 N–H and O–H groups in total. The fraction of sp³-hybridized carbons (Fsp3) is 0.857. The van der Waals surface area contributed by atoms with Gasteiger partial charge < -0.3 is 10.1 Å². The van der Waals surface area contributed by atoms with E-state index < -0.39 is 0 Å². The van der Waals surface area contributed by atoms with Crippen molar-refractivity contribution in [3.05, 3.63) is 0 Å². The van der Waals surface area contributed by atoms with Crippen molar-refractivity contribution in [2.45, 2.75) is 31.9 Å². The Morgan fingerprint density at radius 3 is 2.60 bits per heavy atom. The number of carbonyl (C=O) groups is 1. The van der Waals surface area contributed by atoms with Gasteiger partial charge >= 0.3 is 0 Å². The summed E-state index contributed by atoms with van der Waals surface area (Å²) in [7, 11) is 1.70. The molecular formula is C7H13NO2. The summed E-state index contributed by atoms with van der Waals surface area (Å²) in [5, 5.41) is 2.82. The van der Waals surface area contributed by atoms with Crippen LogP contribution in [-0.2, 0) is 9.53 Å². The lowest BCUT2D eigenvalue weighted by Gasteiger charge is -2.34. The normalized spacial score (nSPS) is 31.0. The van der Waals surface area contributed by atoms with E-state index in [0.29, 0.717) is 12.1 Å². The average molecular weight is 143 g/mol. The second-order valence-electron chi connectivity index (χ2n) is 2.73. The Hall–Kier alpha value is -0.570. The van der Waals surface area contributed by atoms with Crippen LogP contribution in [-0.4, -0.2) is 25.2 Å². The summed E-state index contributed by atoms with van der Waals surface area (Å²) < 4.78 is 5.05. The van der Waals surface area contributed by atoms with Crippen molar-refractivity contribution in [2.75, 3.05) is 7.11 Å². The molecule has 0 spiro atoms. The monoisotopic (exact) mass is 143 g/mol. The van der Waals surface area contributed by atoms with E-state index in [1.807, 2.05) is 0 Å². The highest BCUT2D eigenvalue weighted by atomic mass is 16.5. The van der Waals surface area contributed by atoms with E-state index >= 15 is 0 Å². The molecule has 58 valence electrons. The third-order valence-electron chi connectivity index (χ3n) is 1.84. The molecule has 0 atom stereocenters. The maximum atomic E-state index is 10.5. The summed E-state index contributed by atoms with van der Waals surface area (Å²) in [4.78, 5) is 10.5. The molecule has 1 saturated carbocycles. The highest BCUT2D eigenvalue weighted by molar-refractivity contribution is 5.73. The van der Waals surface area contributed by atoms with E-state index in [9.17, 15) is 4.79 Å². The molecule has 0 aromatic rings. The molecule has 3 heteroatoms. The van der Waals surface area contributed by atoms with Gasteiger partial charge in [-0.2, -0.15) is 0 Å². The minimum absolute atomic E-state index is 0.0551. The second-order valence-corrected chi connectivity index (χ2v) is 2.73. The predicted molar refractivity (Wildman–Crippen MR) is 37.6 cm³/mol. The molecule has 10 heavy (non-hydrogen) atoms. The molecule has 0 heterocycles. The molecule has 0 bridgehead atoms. The van der Waals surface area contributed by atoms with Crippen LogP contribution in [0.3, 0.4) is 0 Å². The van der Waals surface area contributed by atoms with Gasteiger partial charge in [0.15, 0.2) is 0 Å². The molecule has 0 unspecified atom stereocenters. The van der Waals surface area contributed by atoms with Crippen molar-refractivity contribution in [3.63, 3.8) is 0 Å². The lowest BCUT2D eigenvalue weighted by molar-refractivity contribution is -0.121. The SMILES string of the molecule is CO[C@H]1C[C@@H](NC(C)=O)C1. The second kappa shape index (κ2) is 3.01. The van der Waals surface area contributed by atoms with Crippen molar-refractivity contribution >= 4 is 5.91 Å². The minimum atomic E-state index is 0.0551. The number of hydrogen-bond donors (Lipinski definition) is 1. The van der Waals surface area contributed by atoms with Crippen molar-refractivity contribution in [1.29, 1.82) is 0 Å². The number of amides is 1. The summed E-state index contributed by atoms with van der Waals surface area (Å²) in [6, 6.07) is 0.363. The molecule has 1 amide bonds. The summed E-state index contributed by atoms with van der Waals surface area (Å²) >= 11 is 0. The van der Waals surface area contributed by atoms with E-state index in [0.717, 1.165) is 12.8 Å². The zero-order valence-corrected chi connectivity index (χ0v) is 6.39. The van der Waals surface area contributed by atoms with Gasteiger partial charge in [0, 0.05) is 20.1 Å². The maximum absolute atomic E-state index is 10.5.